The number of aryl methyl sites for hydroxylation is 1. The van der Waals surface area contributed by atoms with Gasteiger partial charge in [0.2, 0.25) is 5.91 Å². The minimum Gasteiger partial charge on any atom is -0.354 e. The van der Waals surface area contributed by atoms with Crippen LogP contribution < -0.4 is 5.32 Å². The summed E-state index contributed by atoms with van der Waals surface area (Å²) >= 11 is 5.81. The van der Waals surface area contributed by atoms with E-state index in [1.807, 2.05) is 30.3 Å². The van der Waals surface area contributed by atoms with E-state index in [9.17, 15) is 4.79 Å². The van der Waals surface area contributed by atoms with Gasteiger partial charge >= 0.3 is 0 Å². The molecular weight excluding hydrogens is 264 g/mol. The van der Waals surface area contributed by atoms with Crippen molar-refractivity contribution in [3.63, 3.8) is 0 Å². The summed E-state index contributed by atoms with van der Waals surface area (Å²) in [6, 6.07) is 7.39. The summed E-state index contributed by atoms with van der Waals surface area (Å²) in [7, 11) is 0. The molecule has 0 unspecified atom stereocenters. The van der Waals surface area contributed by atoms with Gasteiger partial charge in [0.25, 0.3) is 0 Å². The van der Waals surface area contributed by atoms with Gasteiger partial charge in [0.15, 0.2) is 5.76 Å². The van der Waals surface area contributed by atoms with Crippen molar-refractivity contribution in [2.24, 2.45) is 0 Å². The predicted molar refractivity (Wildman–Crippen MR) is 75.9 cm³/mol. The third kappa shape index (κ3) is 3.45. The maximum atomic E-state index is 11.1. The second-order valence-corrected chi connectivity index (χ2v) is 4.51. The van der Waals surface area contributed by atoms with Crippen LogP contribution in [0.2, 0.25) is 5.02 Å². The molecule has 4 nitrogen and oxygen atoms in total. The second kappa shape index (κ2) is 5.71. The van der Waals surface area contributed by atoms with Crippen LogP contribution in [0.4, 0.5) is 5.69 Å². The fourth-order valence-corrected chi connectivity index (χ4v) is 1.70. The SMILES string of the molecule is CC(=O)Nc1c(C)noc1/C=C/c1ccc(Cl)cc1. The summed E-state index contributed by atoms with van der Waals surface area (Å²) in [6.45, 7) is 3.22. The van der Waals surface area contributed by atoms with Crippen LogP contribution in [0.15, 0.2) is 28.8 Å². The molecule has 0 radical (unpaired) electrons. The van der Waals surface area contributed by atoms with Crippen LogP contribution in [0.25, 0.3) is 12.2 Å². The Kier molecular flexibility index (Phi) is 4.02. The smallest absolute Gasteiger partial charge is 0.221 e. The molecule has 0 aliphatic heterocycles. The Morgan fingerprint density at radius 2 is 2.00 bits per heavy atom. The van der Waals surface area contributed by atoms with E-state index in [1.165, 1.54) is 6.92 Å². The molecule has 2 rings (SSSR count). The molecule has 98 valence electrons. The molecule has 1 amide bonds. The number of nitrogens with zero attached hydrogens (tertiary/aromatic N) is 1. The quantitative estimate of drug-likeness (QED) is 0.928. The van der Waals surface area contributed by atoms with E-state index in [0.717, 1.165) is 5.56 Å². The zero-order valence-corrected chi connectivity index (χ0v) is 11.4. The van der Waals surface area contributed by atoms with Crippen LogP contribution in [0.3, 0.4) is 0 Å². The first-order valence-corrected chi connectivity index (χ1v) is 6.11. The Bertz CT molecular complexity index is 615. The molecule has 5 heteroatoms. The average Bonchev–Trinajstić information content (AvgIpc) is 2.70. The number of halogens is 1. The number of amides is 1. The summed E-state index contributed by atoms with van der Waals surface area (Å²) in [4.78, 5) is 11.1. The summed E-state index contributed by atoms with van der Waals surface area (Å²) in [5, 5.41) is 7.22. The van der Waals surface area contributed by atoms with Crippen molar-refractivity contribution in [1.82, 2.24) is 5.16 Å². The highest BCUT2D eigenvalue weighted by atomic mass is 35.5. The molecule has 0 aliphatic carbocycles. The number of hydrogen-bond donors (Lipinski definition) is 1. The molecule has 1 aromatic heterocycles. The Balaban J connectivity index is 2.23. The zero-order valence-electron chi connectivity index (χ0n) is 10.6. The fourth-order valence-electron chi connectivity index (χ4n) is 1.57. The third-order valence-corrected chi connectivity index (χ3v) is 2.74. The first kappa shape index (κ1) is 13.4. The van der Waals surface area contributed by atoms with Crippen LogP contribution in [-0.4, -0.2) is 11.1 Å². The number of rotatable bonds is 3. The molecular formula is C14H13ClN2O2. The Hall–Kier alpha value is -2.07. The molecule has 0 atom stereocenters. The van der Waals surface area contributed by atoms with Crippen LogP contribution in [0, 0.1) is 6.92 Å². The highest BCUT2D eigenvalue weighted by Gasteiger charge is 2.11. The highest BCUT2D eigenvalue weighted by Crippen LogP contribution is 2.22. The number of aromatic nitrogens is 1. The molecule has 0 aliphatic rings. The highest BCUT2D eigenvalue weighted by molar-refractivity contribution is 6.30. The van der Waals surface area contributed by atoms with Gasteiger partial charge < -0.3 is 9.84 Å². The third-order valence-electron chi connectivity index (χ3n) is 2.49. The van der Waals surface area contributed by atoms with E-state index < -0.39 is 0 Å². The topological polar surface area (TPSA) is 55.1 Å². The summed E-state index contributed by atoms with van der Waals surface area (Å²) in [5.74, 6) is 0.357. The van der Waals surface area contributed by atoms with Crippen LogP contribution in [0.1, 0.15) is 23.9 Å². The van der Waals surface area contributed by atoms with E-state index in [4.69, 9.17) is 16.1 Å². The lowest BCUT2D eigenvalue weighted by Crippen LogP contribution is -2.06. The van der Waals surface area contributed by atoms with Crippen molar-refractivity contribution in [2.75, 3.05) is 5.32 Å². The first-order chi connectivity index (χ1) is 9.06. The van der Waals surface area contributed by atoms with E-state index in [2.05, 4.69) is 10.5 Å². The van der Waals surface area contributed by atoms with Crippen LogP contribution in [0.5, 0.6) is 0 Å². The van der Waals surface area contributed by atoms with Gasteiger partial charge in [-0.2, -0.15) is 0 Å². The number of anilines is 1. The molecule has 1 aromatic carbocycles. The van der Waals surface area contributed by atoms with Crippen molar-refractivity contribution in [1.29, 1.82) is 0 Å². The Morgan fingerprint density at radius 1 is 1.32 bits per heavy atom. The largest absolute Gasteiger partial charge is 0.354 e. The van der Waals surface area contributed by atoms with Gasteiger partial charge in [0, 0.05) is 11.9 Å². The lowest BCUT2D eigenvalue weighted by molar-refractivity contribution is -0.114. The van der Waals surface area contributed by atoms with Gasteiger partial charge in [-0.05, 0) is 30.7 Å². The van der Waals surface area contributed by atoms with E-state index in [-0.39, 0.29) is 5.91 Å². The fraction of sp³-hybridized carbons (Fsp3) is 0.143. The minimum atomic E-state index is -0.160. The first-order valence-electron chi connectivity index (χ1n) is 5.74. The molecule has 1 heterocycles. The normalized spacial score (nSPS) is 10.9. The zero-order chi connectivity index (χ0) is 13.8. The lowest BCUT2D eigenvalue weighted by Gasteiger charge is -1.99. The van der Waals surface area contributed by atoms with Gasteiger partial charge in [-0.3, -0.25) is 4.79 Å². The molecule has 19 heavy (non-hydrogen) atoms. The van der Waals surface area contributed by atoms with Gasteiger partial charge in [-0.15, -0.1) is 0 Å². The number of carbonyl (C=O) groups excluding carboxylic acids is 1. The Labute approximate surface area is 116 Å². The van der Waals surface area contributed by atoms with E-state index in [1.54, 1.807) is 13.0 Å². The average molecular weight is 277 g/mol. The Morgan fingerprint density at radius 3 is 2.63 bits per heavy atom. The molecule has 2 aromatic rings. The summed E-state index contributed by atoms with van der Waals surface area (Å²) in [5.41, 5.74) is 2.22. The molecule has 0 bridgehead atoms. The molecule has 1 N–H and O–H groups in total. The number of hydrogen-bond acceptors (Lipinski definition) is 3. The predicted octanol–water partition coefficient (Wildman–Crippen LogP) is 3.77. The molecule has 0 fully saturated rings. The van der Waals surface area contributed by atoms with Crippen molar-refractivity contribution in [3.8, 4) is 0 Å². The van der Waals surface area contributed by atoms with Crippen LogP contribution >= 0.6 is 11.6 Å². The second-order valence-electron chi connectivity index (χ2n) is 4.07. The number of benzene rings is 1. The number of carbonyl (C=O) groups is 1. The van der Waals surface area contributed by atoms with Crippen molar-refractivity contribution >= 4 is 35.3 Å². The number of nitrogens with one attached hydrogen (secondary N) is 1. The minimum absolute atomic E-state index is 0.160. The molecule has 0 saturated heterocycles. The van der Waals surface area contributed by atoms with Crippen molar-refractivity contribution in [2.45, 2.75) is 13.8 Å². The molecule has 0 saturated carbocycles. The van der Waals surface area contributed by atoms with Gasteiger partial charge in [0.1, 0.15) is 11.4 Å². The van der Waals surface area contributed by atoms with Gasteiger partial charge in [-0.25, -0.2) is 0 Å². The summed E-state index contributed by atoms with van der Waals surface area (Å²) in [6.07, 6.45) is 3.62. The maximum absolute atomic E-state index is 11.1. The van der Waals surface area contributed by atoms with Gasteiger partial charge in [-0.1, -0.05) is 35.0 Å². The van der Waals surface area contributed by atoms with Crippen molar-refractivity contribution < 1.29 is 9.32 Å². The van der Waals surface area contributed by atoms with E-state index in [0.29, 0.717) is 22.2 Å². The molecule has 0 spiro atoms. The van der Waals surface area contributed by atoms with Crippen LogP contribution in [-0.2, 0) is 4.79 Å². The monoisotopic (exact) mass is 276 g/mol. The maximum Gasteiger partial charge on any atom is 0.221 e. The standard InChI is InChI=1S/C14H13ClN2O2/c1-9-14(16-10(2)18)13(19-17-9)8-5-11-3-6-12(15)7-4-11/h3-8H,1-2H3,(H,16,18)/b8-5+. The summed E-state index contributed by atoms with van der Waals surface area (Å²) < 4.78 is 5.16. The lowest BCUT2D eigenvalue weighted by atomic mass is 10.2. The van der Waals surface area contributed by atoms with E-state index >= 15 is 0 Å². The van der Waals surface area contributed by atoms with Crippen molar-refractivity contribution in [3.05, 3.63) is 46.3 Å². The van der Waals surface area contributed by atoms with Gasteiger partial charge in [0.05, 0.1) is 0 Å².